The number of carbonyl (C=O) groups excluding carboxylic acids is 1. The van der Waals surface area contributed by atoms with Crippen LogP contribution in [-0.4, -0.2) is 45.0 Å². The lowest BCUT2D eigenvalue weighted by Crippen LogP contribution is -2.19. The fraction of sp³-hybridized carbons (Fsp3) is 0.417. The number of hydrogen-bond donors (Lipinski definition) is 0. The van der Waals surface area contributed by atoms with Crippen LogP contribution in [0.15, 0.2) is 52.4 Å². The van der Waals surface area contributed by atoms with Crippen LogP contribution in [0.5, 0.6) is 5.75 Å². The predicted octanol–water partition coefficient (Wildman–Crippen LogP) is 4.45. The Morgan fingerprint density at radius 1 is 1.09 bits per heavy atom. The van der Waals surface area contributed by atoms with Crippen molar-refractivity contribution in [2.75, 3.05) is 26.1 Å². The summed E-state index contributed by atoms with van der Waals surface area (Å²) in [6.45, 7) is 6.20. The molecule has 2 aromatic carbocycles. The van der Waals surface area contributed by atoms with Crippen LogP contribution in [0.1, 0.15) is 43.5 Å². The SMILES string of the molecule is CCCCCOc1cccc(C(=O)N=c2sc3cc(S(C)(=O)=O)ccc3n2CCOCC)c1. The summed E-state index contributed by atoms with van der Waals surface area (Å²) in [5.41, 5.74) is 1.25. The van der Waals surface area contributed by atoms with Gasteiger partial charge in [-0.05, 0) is 49.7 Å². The second kappa shape index (κ2) is 11.6. The number of ether oxygens (including phenoxy) is 2. The summed E-state index contributed by atoms with van der Waals surface area (Å²) in [4.78, 5) is 18.1. The summed E-state index contributed by atoms with van der Waals surface area (Å²) >= 11 is 1.28. The van der Waals surface area contributed by atoms with E-state index in [0.29, 0.717) is 42.5 Å². The maximum absolute atomic E-state index is 13.0. The van der Waals surface area contributed by atoms with Crippen LogP contribution in [-0.2, 0) is 21.1 Å². The Labute approximate surface area is 198 Å². The molecule has 0 aliphatic carbocycles. The third-order valence-corrected chi connectivity index (χ3v) is 7.19. The number of carbonyl (C=O) groups is 1. The first-order chi connectivity index (χ1) is 15.8. The molecule has 33 heavy (non-hydrogen) atoms. The number of aromatic nitrogens is 1. The Balaban J connectivity index is 1.96. The molecule has 0 spiro atoms. The molecule has 0 aliphatic heterocycles. The van der Waals surface area contributed by atoms with Crippen molar-refractivity contribution in [3.05, 3.63) is 52.8 Å². The van der Waals surface area contributed by atoms with Gasteiger partial charge in [0.25, 0.3) is 5.91 Å². The van der Waals surface area contributed by atoms with E-state index in [1.54, 1.807) is 36.4 Å². The van der Waals surface area contributed by atoms with Crippen LogP contribution < -0.4 is 9.54 Å². The quantitative estimate of drug-likeness (QED) is 0.371. The Morgan fingerprint density at radius 2 is 1.91 bits per heavy atom. The summed E-state index contributed by atoms with van der Waals surface area (Å²) in [5.74, 6) is 0.263. The third-order valence-electron chi connectivity index (χ3n) is 5.04. The van der Waals surface area contributed by atoms with Crippen molar-refractivity contribution in [2.24, 2.45) is 4.99 Å². The first-order valence-electron chi connectivity index (χ1n) is 11.1. The topological polar surface area (TPSA) is 87.0 Å². The van der Waals surface area contributed by atoms with E-state index in [2.05, 4.69) is 11.9 Å². The van der Waals surface area contributed by atoms with Crippen LogP contribution in [0.25, 0.3) is 10.2 Å². The van der Waals surface area contributed by atoms with E-state index in [0.717, 1.165) is 29.5 Å². The van der Waals surface area contributed by atoms with Crippen LogP contribution in [0, 0.1) is 0 Å². The van der Waals surface area contributed by atoms with Crippen molar-refractivity contribution in [3.8, 4) is 5.75 Å². The van der Waals surface area contributed by atoms with Gasteiger partial charge in [-0.3, -0.25) is 4.79 Å². The maximum atomic E-state index is 13.0. The lowest BCUT2D eigenvalue weighted by molar-refractivity contribution is 0.0996. The molecule has 9 heteroatoms. The van der Waals surface area contributed by atoms with Crippen molar-refractivity contribution in [2.45, 2.75) is 44.6 Å². The molecule has 0 radical (unpaired) electrons. The number of rotatable bonds is 11. The first kappa shape index (κ1) is 25.1. The van der Waals surface area contributed by atoms with E-state index < -0.39 is 9.84 Å². The van der Waals surface area contributed by atoms with Gasteiger partial charge in [-0.15, -0.1) is 0 Å². The number of fused-ring (bicyclic) bond motifs is 1. The summed E-state index contributed by atoms with van der Waals surface area (Å²) in [7, 11) is -3.34. The minimum Gasteiger partial charge on any atom is -0.494 e. The Hall–Kier alpha value is -2.49. The highest BCUT2D eigenvalue weighted by Crippen LogP contribution is 2.22. The van der Waals surface area contributed by atoms with Crippen LogP contribution >= 0.6 is 11.3 Å². The van der Waals surface area contributed by atoms with Gasteiger partial charge >= 0.3 is 0 Å². The fourth-order valence-corrected chi connectivity index (χ4v) is 5.11. The summed E-state index contributed by atoms with van der Waals surface area (Å²) in [6, 6.07) is 12.0. The van der Waals surface area contributed by atoms with E-state index in [-0.39, 0.29) is 10.8 Å². The monoisotopic (exact) mass is 490 g/mol. The zero-order valence-electron chi connectivity index (χ0n) is 19.2. The molecule has 7 nitrogen and oxygen atoms in total. The average Bonchev–Trinajstić information content (AvgIpc) is 3.13. The standard InChI is InChI=1S/C24H30N2O5S2/c1-4-6-7-14-31-19-10-8-9-18(16-19)23(27)25-24-26(13-15-30-5-2)21-12-11-20(33(3,28)29)17-22(21)32-24/h8-12,16-17H,4-7,13-15H2,1-3H3. The molecule has 0 atom stereocenters. The maximum Gasteiger partial charge on any atom is 0.279 e. The largest absolute Gasteiger partial charge is 0.494 e. The van der Waals surface area contributed by atoms with Crippen LogP contribution in [0.2, 0.25) is 0 Å². The molecule has 0 N–H and O–H groups in total. The second-order valence-electron chi connectivity index (χ2n) is 7.64. The Morgan fingerprint density at radius 3 is 2.64 bits per heavy atom. The van der Waals surface area contributed by atoms with Crippen molar-refractivity contribution in [3.63, 3.8) is 0 Å². The summed E-state index contributed by atoms with van der Waals surface area (Å²) in [5, 5.41) is 0. The van der Waals surface area contributed by atoms with Crippen molar-refractivity contribution in [1.82, 2.24) is 4.57 Å². The molecule has 1 aromatic heterocycles. The molecule has 0 fully saturated rings. The van der Waals surface area contributed by atoms with Crippen molar-refractivity contribution < 1.29 is 22.7 Å². The number of nitrogens with zero attached hydrogens (tertiary/aromatic N) is 2. The highest BCUT2D eigenvalue weighted by atomic mass is 32.2. The molecule has 0 unspecified atom stereocenters. The predicted molar refractivity (Wildman–Crippen MR) is 131 cm³/mol. The van der Waals surface area contributed by atoms with Gasteiger partial charge in [0.2, 0.25) is 0 Å². The van der Waals surface area contributed by atoms with E-state index in [1.165, 1.54) is 17.6 Å². The van der Waals surface area contributed by atoms with E-state index in [1.807, 2.05) is 17.6 Å². The van der Waals surface area contributed by atoms with Gasteiger partial charge in [-0.2, -0.15) is 4.99 Å². The highest BCUT2D eigenvalue weighted by molar-refractivity contribution is 7.90. The molecule has 0 bridgehead atoms. The molecule has 0 saturated heterocycles. The number of thiazole rings is 1. The lowest BCUT2D eigenvalue weighted by atomic mass is 10.2. The molecule has 3 aromatic rings. The number of sulfone groups is 1. The van der Waals surface area contributed by atoms with Gasteiger partial charge in [0.1, 0.15) is 5.75 Å². The minimum atomic E-state index is -3.34. The van der Waals surface area contributed by atoms with Gasteiger partial charge < -0.3 is 14.0 Å². The van der Waals surface area contributed by atoms with Gasteiger partial charge in [-0.25, -0.2) is 8.42 Å². The van der Waals surface area contributed by atoms with Crippen LogP contribution in [0.4, 0.5) is 0 Å². The highest BCUT2D eigenvalue weighted by Gasteiger charge is 2.14. The molecule has 0 saturated carbocycles. The van der Waals surface area contributed by atoms with Gasteiger partial charge in [0.05, 0.1) is 28.3 Å². The molecular formula is C24H30N2O5S2. The fourth-order valence-electron chi connectivity index (χ4n) is 3.30. The lowest BCUT2D eigenvalue weighted by Gasteiger charge is -2.07. The Bertz CT molecular complexity index is 1280. The molecule has 1 heterocycles. The number of amides is 1. The summed E-state index contributed by atoms with van der Waals surface area (Å²) < 4.78 is 37.8. The zero-order valence-corrected chi connectivity index (χ0v) is 20.9. The minimum absolute atomic E-state index is 0.235. The smallest absolute Gasteiger partial charge is 0.279 e. The second-order valence-corrected chi connectivity index (χ2v) is 10.7. The number of unbranched alkanes of at least 4 members (excludes halogenated alkanes) is 2. The molecule has 1 amide bonds. The van der Waals surface area contributed by atoms with Gasteiger partial charge in [-0.1, -0.05) is 37.2 Å². The molecule has 3 rings (SSSR count). The third kappa shape index (κ3) is 6.75. The van der Waals surface area contributed by atoms with Crippen molar-refractivity contribution in [1.29, 1.82) is 0 Å². The Kier molecular flexibility index (Phi) is 8.82. The molecule has 0 aliphatic rings. The average molecular weight is 491 g/mol. The number of hydrogen-bond acceptors (Lipinski definition) is 6. The van der Waals surface area contributed by atoms with E-state index in [9.17, 15) is 13.2 Å². The molecular weight excluding hydrogens is 460 g/mol. The van der Waals surface area contributed by atoms with Gasteiger partial charge in [0.15, 0.2) is 14.6 Å². The zero-order chi connectivity index (χ0) is 23.8. The van der Waals surface area contributed by atoms with Crippen LogP contribution in [0.3, 0.4) is 0 Å². The number of benzene rings is 2. The molecule has 178 valence electrons. The van der Waals surface area contributed by atoms with Gasteiger partial charge in [0, 0.05) is 25.0 Å². The summed E-state index contributed by atoms with van der Waals surface area (Å²) in [6.07, 6.45) is 4.36. The van der Waals surface area contributed by atoms with E-state index >= 15 is 0 Å². The normalized spacial score (nSPS) is 12.4. The van der Waals surface area contributed by atoms with Crippen molar-refractivity contribution >= 4 is 37.3 Å². The first-order valence-corrected chi connectivity index (χ1v) is 13.8. The van der Waals surface area contributed by atoms with E-state index in [4.69, 9.17) is 9.47 Å².